The number of methoxy groups -OCH3 is 1. The van der Waals surface area contributed by atoms with Gasteiger partial charge in [0.15, 0.2) is 0 Å². The van der Waals surface area contributed by atoms with Crippen LogP contribution in [0, 0.1) is 0 Å². The third-order valence-electron chi connectivity index (χ3n) is 5.36. The highest BCUT2D eigenvalue weighted by Gasteiger charge is 2.33. The molecule has 2 heterocycles. The van der Waals surface area contributed by atoms with Gasteiger partial charge in [0, 0.05) is 37.4 Å². The van der Waals surface area contributed by atoms with Crippen molar-refractivity contribution >= 4 is 17.7 Å². The molecule has 5 nitrogen and oxygen atoms in total. The number of halogens is 1. The zero-order valence-electron chi connectivity index (χ0n) is 14.8. The minimum atomic E-state index is -0.253. The zero-order valence-corrected chi connectivity index (χ0v) is 15.6. The van der Waals surface area contributed by atoms with Gasteiger partial charge in [-0.2, -0.15) is 0 Å². The molecule has 1 fully saturated rings. The van der Waals surface area contributed by atoms with Gasteiger partial charge >= 0.3 is 6.09 Å². The predicted octanol–water partition coefficient (Wildman–Crippen LogP) is 3.31. The molecule has 0 bridgehead atoms. The molecule has 4 rings (SSSR count). The number of ether oxygens (including phenoxy) is 1. The lowest BCUT2D eigenvalue weighted by molar-refractivity contribution is 0.0805. The second-order valence-electron chi connectivity index (χ2n) is 6.79. The summed E-state index contributed by atoms with van der Waals surface area (Å²) in [5.41, 5.74) is 4.98. The van der Waals surface area contributed by atoms with Gasteiger partial charge in [0.05, 0.1) is 18.8 Å². The molecule has 1 aromatic heterocycles. The maximum absolute atomic E-state index is 11.8. The third-order valence-corrected chi connectivity index (χ3v) is 5.60. The fourth-order valence-electron chi connectivity index (χ4n) is 4.04. The van der Waals surface area contributed by atoms with Crippen molar-refractivity contribution in [3.05, 3.63) is 63.9 Å². The van der Waals surface area contributed by atoms with Gasteiger partial charge in [-0.05, 0) is 47.7 Å². The number of benzene rings is 1. The standard InChI is InChI=1S/C20H22ClN3O2/c1-26-20(25)24-11-9-23(10-12-24)19-17-7-6-16(21)13-15(17)5-4-14-3-2-8-22-18(14)19/h2-3,6-8,13,19H,4-5,9-12H2,1H3. The molecular formula is C20H22ClN3O2. The van der Waals surface area contributed by atoms with Crippen molar-refractivity contribution in [2.24, 2.45) is 0 Å². The average Bonchev–Trinajstić information content (AvgIpc) is 2.84. The summed E-state index contributed by atoms with van der Waals surface area (Å²) in [5.74, 6) is 0. The molecule has 2 aromatic rings. The van der Waals surface area contributed by atoms with Crippen LogP contribution in [0.15, 0.2) is 36.5 Å². The number of carbonyl (C=O) groups is 1. The van der Waals surface area contributed by atoms with E-state index < -0.39 is 0 Å². The van der Waals surface area contributed by atoms with Crippen LogP contribution in [0.1, 0.15) is 28.4 Å². The lowest BCUT2D eigenvalue weighted by atomic mass is 9.96. The molecule has 0 N–H and O–H groups in total. The van der Waals surface area contributed by atoms with Crippen molar-refractivity contribution in [1.82, 2.24) is 14.8 Å². The van der Waals surface area contributed by atoms with Gasteiger partial charge in [0.1, 0.15) is 0 Å². The average molecular weight is 372 g/mol. The van der Waals surface area contributed by atoms with Crippen LogP contribution < -0.4 is 0 Å². The van der Waals surface area contributed by atoms with E-state index in [1.807, 2.05) is 18.3 Å². The van der Waals surface area contributed by atoms with Crippen LogP contribution >= 0.6 is 11.6 Å². The van der Waals surface area contributed by atoms with E-state index in [2.05, 4.69) is 23.1 Å². The summed E-state index contributed by atoms with van der Waals surface area (Å²) in [5, 5.41) is 0.775. The maximum atomic E-state index is 11.8. The summed E-state index contributed by atoms with van der Waals surface area (Å²) in [6, 6.07) is 10.5. The van der Waals surface area contributed by atoms with Crippen molar-refractivity contribution in [3.8, 4) is 0 Å². The molecule has 26 heavy (non-hydrogen) atoms. The van der Waals surface area contributed by atoms with Crippen LogP contribution in [0.5, 0.6) is 0 Å². The molecule has 1 unspecified atom stereocenters. The normalized spacial score (nSPS) is 20.1. The number of carbonyl (C=O) groups excluding carboxylic acids is 1. The summed E-state index contributed by atoms with van der Waals surface area (Å²) >= 11 is 6.26. The second kappa shape index (κ2) is 7.25. The Morgan fingerprint density at radius 1 is 1.15 bits per heavy atom. The number of hydrogen-bond acceptors (Lipinski definition) is 4. The van der Waals surface area contributed by atoms with E-state index in [1.165, 1.54) is 23.8 Å². The Morgan fingerprint density at radius 3 is 2.69 bits per heavy atom. The highest BCUT2D eigenvalue weighted by Crippen LogP contribution is 2.37. The molecule has 0 saturated carbocycles. The molecule has 1 saturated heterocycles. The number of piperazine rings is 1. The number of pyridine rings is 1. The molecular weight excluding hydrogens is 350 g/mol. The van der Waals surface area contributed by atoms with E-state index in [9.17, 15) is 4.79 Å². The van der Waals surface area contributed by atoms with E-state index in [4.69, 9.17) is 21.3 Å². The second-order valence-corrected chi connectivity index (χ2v) is 7.22. The van der Waals surface area contributed by atoms with Crippen LogP contribution in [-0.4, -0.2) is 54.2 Å². The molecule has 1 aromatic carbocycles. The van der Waals surface area contributed by atoms with Gasteiger partial charge in [-0.15, -0.1) is 0 Å². The Kier molecular flexibility index (Phi) is 4.83. The molecule has 136 valence electrons. The van der Waals surface area contributed by atoms with E-state index in [1.54, 1.807) is 4.90 Å². The van der Waals surface area contributed by atoms with E-state index in [0.717, 1.165) is 36.6 Å². The van der Waals surface area contributed by atoms with Crippen molar-refractivity contribution < 1.29 is 9.53 Å². The van der Waals surface area contributed by atoms with Gasteiger partial charge in [-0.25, -0.2) is 4.79 Å². The van der Waals surface area contributed by atoms with Crippen LogP contribution in [0.2, 0.25) is 5.02 Å². The first-order valence-corrected chi connectivity index (χ1v) is 9.34. The number of nitrogens with zero attached hydrogens (tertiary/aromatic N) is 3. The van der Waals surface area contributed by atoms with E-state index in [0.29, 0.717) is 13.1 Å². The van der Waals surface area contributed by atoms with Gasteiger partial charge < -0.3 is 9.64 Å². The van der Waals surface area contributed by atoms with Crippen molar-refractivity contribution in [3.63, 3.8) is 0 Å². The van der Waals surface area contributed by atoms with Gasteiger partial charge in [-0.3, -0.25) is 9.88 Å². The van der Waals surface area contributed by atoms with Gasteiger partial charge in [0.2, 0.25) is 0 Å². The van der Waals surface area contributed by atoms with Gasteiger partial charge in [-0.1, -0.05) is 23.7 Å². The zero-order chi connectivity index (χ0) is 18.1. The smallest absolute Gasteiger partial charge is 0.409 e. The third kappa shape index (κ3) is 3.17. The highest BCUT2D eigenvalue weighted by molar-refractivity contribution is 6.30. The Labute approximate surface area is 158 Å². The number of aryl methyl sites for hydroxylation is 2. The molecule has 1 aliphatic heterocycles. The molecule has 1 aliphatic carbocycles. The summed E-state index contributed by atoms with van der Waals surface area (Å²) in [7, 11) is 1.43. The lowest BCUT2D eigenvalue weighted by Crippen LogP contribution is -2.50. The summed E-state index contributed by atoms with van der Waals surface area (Å²) in [6.07, 6.45) is 3.55. The number of amides is 1. The molecule has 6 heteroatoms. The number of fused-ring (bicyclic) bond motifs is 2. The first-order valence-electron chi connectivity index (χ1n) is 8.96. The van der Waals surface area contributed by atoms with E-state index >= 15 is 0 Å². The van der Waals surface area contributed by atoms with Crippen LogP contribution in [0.25, 0.3) is 0 Å². The predicted molar refractivity (Wildman–Crippen MR) is 100 cm³/mol. The van der Waals surface area contributed by atoms with Crippen LogP contribution in [0.3, 0.4) is 0 Å². The first kappa shape index (κ1) is 17.3. The van der Waals surface area contributed by atoms with E-state index in [-0.39, 0.29) is 12.1 Å². The molecule has 1 atom stereocenters. The first-order chi connectivity index (χ1) is 12.7. The summed E-state index contributed by atoms with van der Waals surface area (Å²) < 4.78 is 4.86. The Bertz CT molecular complexity index is 818. The van der Waals surface area contributed by atoms with Crippen molar-refractivity contribution in [2.75, 3.05) is 33.3 Å². The highest BCUT2D eigenvalue weighted by atomic mass is 35.5. The number of rotatable bonds is 1. The topological polar surface area (TPSA) is 45.7 Å². The van der Waals surface area contributed by atoms with Crippen molar-refractivity contribution in [2.45, 2.75) is 18.9 Å². The Hall–Kier alpha value is -2.11. The summed E-state index contributed by atoms with van der Waals surface area (Å²) in [4.78, 5) is 20.7. The quantitative estimate of drug-likeness (QED) is 0.771. The Morgan fingerprint density at radius 2 is 1.92 bits per heavy atom. The maximum Gasteiger partial charge on any atom is 0.409 e. The monoisotopic (exact) mass is 371 g/mol. The minimum Gasteiger partial charge on any atom is -0.453 e. The fraction of sp³-hybridized carbons (Fsp3) is 0.400. The lowest BCUT2D eigenvalue weighted by Gasteiger charge is -2.39. The molecule has 1 amide bonds. The largest absolute Gasteiger partial charge is 0.453 e. The van der Waals surface area contributed by atoms with Gasteiger partial charge in [0.25, 0.3) is 0 Å². The van der Waals surface area contributed by atoms with Crippen LogP contribution in [0.4, 0.5) is 4.79 Å². The molecule has 0 spiro atoms. The molecule has 2 aliphatic rings. The number of aromatic nitrogens is 1. The van der Waals surface area contributed by atoms with Crippen molar-refractivity contribution in [1.29, 1.82) is 0 Å². The summed E-state index contributed by atoms with van der Waals surface area (Å²) in [6.45, 7) is 2.90. The fourth-order valence-corrected chi connectivity index (χ4v) is 4.24. The van der Waals surface area contributed by atoms with Crippen LogP contribution in [-0.2, 0) is 17.6 Å². The SMILES string of the molecule is COC(=O)N1CCN(C2c3ccc(Cl)cc3CCc3cccnc32)CC1. The molecule has 0 radical (unpaired) electrons. The minimum absolute atomic E-state index is 0.0979. The number of hydrogen-bond donors (Lipinski definition) is 0. The Balaban J connectivity index is 1.70.